The number of benzene rings is 1. The highest BCUT2D eigenvalue weighted by Crippen LogP contribution is 2.31. The van der Waals surface area contributed by atoms with Crippen molar-refractivity contribution in [2.24, 2.45) is 0 Å². The molecule has 114 valence electrons. The van der Waals surface area contributed by atoms with Crippen LogP contribution < -0.4 is 4.90 Å². The lowest BCUT2D eigenvalue weighted by molar-refractivity contribution is 0.917. The quantitative estimate of drug-likeness (QED) is 0.739. The van der Waals surface area contributed by atoms with Gasteiger partial charge in [-0.25, -0.2) is 9.97 Å². The van der Waals surface area contributed by atoms with E-state index in [9.17, 15) is 0 Å². The second kappa shape index (κ2) is 7.37. The summed E-state index contributed by atoms with van der Waals surface area (Å²) >= 11 is 3.62. The number of hydrogen-bond acceptors (Lipinski definition) is 4. The zero-order valence-corrected chi connectivity index (χ0v) is 14.7. The average molecular weight is 359 g/mol. The van der Waals surface area contributed by atoms with Crippen molar-refractivity contribution in [3.8, 4) is 6.07 Å². The molecule has 0 bridgehead atoms. The summed E-state index contributed by atoms with van der Waals surface area (Å²) in [5, 5.41) is 9.17. The Bertz CT molecular complexity index is 686. The van der Waals surface area contributed by atoms with Crippen LogP contribution in [0.5, 0.6) is 0 Å². The van der Waals surface area contributed by atoms with Gasteiger partial charge in [0.15, 0.2) is 0 Å². The molecule has 4 nitrogen and oxygen atoms in total. The largest absolute Gasteiger partial charge is 0.296 e. The van der Waals surface area contributed by atoms with Gasteiger partial charge < -0.3 is 0 Å². The maximum atomic E-state index is 9.17. The lowest BCUT2D eigenvalue weighted by atomic mass is 10.1. The first-order valence-electron chi connectivity index (χ1n) is 7.30. The van der Waals surface area contributed by atoms with Gasteiger partial charge in [0.2, 0.25) is 5.95 Å². The highest BCUT2D eigenvalue weighted by Gasteiger charge is 2.16. The fraction of sp³-hybridized carbons (Fsp3) is 0.353. The molecule has 0 aliphatic heterocycles. The standard InChI is InChI=1S/C17H19BrN4/c1-4-5-14-6-7-16(15(18)11-14)22(9-8-19)17-20-12(2)10-13(3)21-17/h6-7,10-11H,4-5,9H2,1-3H3. The maximum Gasteiger partial charge on any atom is 0.231 e. The van der Waals surface area contributed by atoms with Gasteiger partial charge in [-0.1, -0.05) is 19.4 Å². The van der Waals surface area contributed by atoms with Crippen LogP contribution in [0.2, 0.25) is 0 Å². The van der Waals surface area contributed by atoms with Crippen LogP contribution in [0.15, 0.2) is 28.7 Å². The van der Waals surface area contributed by atoms with Crippen molar-refractivity contribution in [2.45, 2.75) is 33.6 Å². The van der Waals surface area contributed by atoms with Gasteiger partial charge in [0, 0.05) is 15.9 Å². The molecule has 0 atom stereocenters. The number of rotatable bonds is 5. The van der Waals surface area contributed by atoms with E-state index in [2.05, 4.69) is 51.0 Å². The number of aromatic nitrogens is 2. The summed E-state index contributed by atoms with van der Waals surface area (Å²) in [4.78, 5) is 10.8. The Balaban J connectivity index is 2.46. The third-order valence-corrected chi connectivity index (χ3v) is 3.92. The van der Waals surface area contributed by atoms with Gasteiger partial charge in [-0.05, 0) is 60.0 Å². The smallest absolute Gasteiger partial charge is 0.231 e. The van der Waals surface area contributed by atoms with Gasteiger partial charge in [-0.2, -0.15) is 5.26 Å². The van der Waals surface area contributed by atoms with Gasteiger partial charge in [0.1, 0.15) is 6.54 Å². The first-order chi connectivity index (χ1) is 10.5. The van der Waals surface area contributed by atoms with Crippen LogP contribution in [-0.4, -0.2) is 16.5 Å². The van der Waals surface area contributed by atoms with E-state index in [1.165, 1.54) is 5.56 Å². The molecule has 0 radical (unpaired) electrons. The van der Waals surface area contributed by atoms with E-state index < -0.39 is 0 Å². The first kappa shape index (κ1) is 16.4. The minimum Gasteiger partial charge on any atom is -0.296 e. The molecule has 0 saturated carbocycles. The van der Waals surface area contributed by atoms with Crippen LogP contribution in [0.25, 0.3) is 0 Å². The number of halogens is 1. The second-order valence-electron chi connectivity index (χ2n) is 5.23. The maximum absolute atomic E-state index is 9.17. The Kier molecular flexibility index (Phi) is 5.51. The zero-order chi connectivity index (χ0) is 16.1. The summed E-state index contributed by atoms with van der Waals surface area (Å²) in [6.45, 7) is 6.23. The van der Waals surface area contributed by atoms with Crippen molar-refractivity contribution in [3.05, 3.63) is 45.7 Å². The minimum atomic E-state index is 0.203. The summed E-state index contributed by atoms with van der Waals surface area (Å²) in [7, 11) is 0. The van der Waals surface area contributed by atoms with E-state index in [0.29, 0.717) is 5.95 Å². The highest BCUT2D eigenvalue weighted by molar-refractivity contribution is 9.10. The molecule has 0 spiro atoms. The molecule has 1 aromatic carbocycles. The SMILES string of the molecule is CCCc1ccc(N(CC#N)c2nc(C)cc(C)n2)c(Br)c1. The van der Waals surface area contributed by atoms with Gasteiger partial charge >= 0.3 is 0 Å². The van der Waals surface area contributed by atoms with Gasteiger partial charge in [-0.15, -0.1) is 0 Å². The summed E-state index contributed by atoms with van der Waals surface area (Å²) in [6.07, 6.45) is 2.14. The van der Waals surface area contributed by atoms with Crippen LogP contribution in [-0.2, 0) is 6.42 Å². The number of nitriles is 1. The molecule has 0 aliphatic rings. The minimum absolute atomic E-state index is 0.203. The highest BCUT2D eigenvalue weighted by atomic mass is 79.9. The summed E-state index contributed by atoms with van der Waals surface area (Å²) in [6, 6.07) is 10.3. The predicted octanol–water partition coefficient (Wildman–Crippen LogP) is 4.47. The first-order valence-corrected chi connectivity index (χ1v) is 8.09. The van der Waals surface area contributed by atoms with Gasteiger partial charge in [0.25, 0.3) is 0 Å². The number of nitrogens with zero attached hydrogens (tertiary/aromatic N) is 4. The van der Waals surface area contributed by atoms with Crippen molar-refractivity contribution in [1.82, 2.24) is 9.97 Å². The molecule has 0 aliphatic carbocycles. The van der Waals surface area contributed by atoms with Crippen LogP contribution in [0.1, 0.15) is 30.3 Å². The van der Waals surface area contributed by atoms with E-state index >= 15 is 0 Å². The van der Waals surface area contributed by atoms with Crippen molar-refractivity contribution in [3.63, 3.8) is 0 Å². The Hall–Kier alpha value is -1.93. The molecule has 1 heterocycles. The molecule has 1 aromatic heterocycles. The van der Waals surface area contributed by atoms with E-state index in [-0.39, 0.29) is 6.54 Å². The fourth-order valence-corrected chi connectivity index (χ4v) is 3.02. The zero-order valence-electron chi connectivity index (χ0n) is 13.1. The normalized spacial score (nSPS) is 10.3. The van der Waals surface area contributed by atoms with Crippen molar-refractivity contribution < 1.29 is 0 Å². The van der Waals surface area contributed by atoms with Crippen LogP contribution >= 0.6 is 15.9 Å². The molecule has 0 unspecified atom stereocenters. The average Bonchev–Trinajstić information content (AvgIpc) is 2.45. The number of anilines is 2. The van der Waals surface area contributed by atoms with E-state index in [4.69, 9.17) is 5.26 Å². The van der Waals surface area contributed by atoms with Crippen LogP contribution in [0.3, 0.4) is 0 Å². The Morgan fingerprint density at radius 2 is 1.86 bits per heavy atom. The third-order valence-electron chi connectivity index (χ3n) is 3.28. The summed E-state index contributed by atoms with van der Waals surface area (Å²) in [5.41, 5.74) is 3.97. The molecular weight excluding hydrogens is 340 g/mol. The van der Waals surface area contributed by atoms with Crippen LogP contribution in [0, 0.1) is 25.2 Å². The molecule has 0 amide bonds. The molecule has 5 heteroatoms. The second-order valence-corrected chi connectivity index (χ2v) is 6.09. The lowest BCUT2D eigenvalue weighted by Gasteiger charge is -2.22. The monoisotopic (exact) mass is 358 g/mol. The van der Waals surface area contributed by atoms with E-state index in [1.54, 1.807) is 0 Å². The van der Waals surface area contributed by atoms with Gasteiger partial charge in [0.05, 0.1) is 11.8 Å². The Morgan fingerprint density at radius 3 is 2.41 bits per heavy atom. The lowest BCUT2D eigenvalue weighted by Crippen LogP contribution is -2.21. The topological polar surface area (TPSA) is 52.8 Å². The van der Waals surface area contributed by atoms with Crippen LogP contribution in [0.4, 0.5) is 11.6 Å². The van der Waals surface area contributed by atoms with Crippen molar-refractivity contribution in [1.29, 1.82) is 5.26 Å². The summed E-state index contributed by atoms with van der Waals surface area (Å²) < 4.78 is 0.955. The Labute approximate surface area is 140 Å². The molecule has 22 heavy (non-hydrogen) atoms. The predicted molar refractivity (Wildman–Crippen MR) is 92.3 cm³/mol. The third kappa shape index (κ3) is 3.83. The van der Waals surface area contributed by atoms with Crippen molar-refractivity contribution >= 4 is 27.6 Å². The molecule has 2 rings (SSSR count). The number of hydrogen-bond donors (Lipinski definition) is 0. The molecule has 0 saturated heterocycles. The number of aryl methyl sites for hydroxylation is 3. The Morgan fingerprint density at radius 1 is 1.18 bits per heavy atom. The van der Waals surface area contributed by atoms with Crippen molar-refractivity contribution in [2.75, 3.05) is 11.4 Å². The van der Waals surface area contributed by atoms with E-state index in [1.807, 2.05) is 30.9 Å². The molecule has 0 fully saturated rings. The van der Waals surface area contributed by atoms with E-state index in [0.717, 1.165) is 34.4 Å². The van der Waals surface area contributed by atoms with Gasteiger partial charge in [-0.3, -0.25) is 4.90 Å². The fourth-order valence-electron chi connectivity index (χ4n) is 2.38. The summed E-state index contributed by atoms with van der Waals surface area (Å²) in [5.74, 6) is 0.558. The molecular formula is C17H19BrN4. The molecule has 0 N–H and O–H groups in total. The molecule has 2 aromatic rings.